The van der Waals surface area contributed by atoms with Crippen molar-refractivity contribution in [2.45, 2.75) is 0 Å². The summed E-state index contributed by atoms with van der Waals surface area (Å²) in [6.07, 6.45) is 2.76. The van der Waals surface area contributed by atoms with Gasteiger partial charge >= 0.3 is 5.97 Å². The predicted molar refractivity (Wildman–Crippen MR) is 35.3 cm³/mol. The quantitative estimate of drug-likeness (QED) is 0.297. The number of carbonyl (C=O) groups excluding carboxylic acids is 2. The molecule has 0 saturated carbocycles. The molecule has 0 atom stereocenters. The van der Waals surface area contributed by atoms with E-state index in [-0.39, 0.29) is 6.61 Å². The monoisotopic (exact) mass is 155 g/mol. The highest BCUT2D eigenvalue weighted by molar-refractivity contribution is 5.89. The molecular formula is C7H7O4-. The van der Waals surface area contributed by atoms with Crippen LogP contribution in [0.3, 0.4) is 0 Å². The number of aliphatic carboxylic acids is 1. The van der Waals surface area contributed by atoms with Gasteiger partial charge in [0.1, 0.15) is 6.61 Å². The van der Waals surface area contributed by atoms with Crippen LogP contribution in [0.15, 0.2) is 24.8 Å². The minimum Gasteiger partial charge on any atom is -0.545 e. The standard InChI is InChI=1S/C7H8O4/c1-2-5-11-7(10)4-3-6(8)9/h2-4H,1,5H2,(H,8,9)/p-1/b4-3-. The summed E-state index contributed by atoms with van der Waals surface area (Å²) in [5.74, 6) is -2.16. The Morgan fingerprint density at radius 3 is 2.55 bits per heavy atom. The number of carboxylic acids is 1. The number of hydrogen-bond donors (Lipinski definition) is 0. The van der Waals surface area contributed by atoms with Crippen molar-refractivity contribution in [1.29, 1.82) is 0 Å². The van der Waals surface area contributed by atoms with Crippen LogP contribution < -0.4 is 5.11 Å². The molecule has 0 aliphatic heterocycles. The van der Waals surface area contributed by atoms with Gasteiger partial charge in [-0.15, -0.1) is 0 Å². The molecule has 0 spiro atoms. The third kappa shape index (κ3) is 6.30. The van der Waals surface area contributed by atoms with Crippen LogP contribution in [0.5, 0.6) is 0 Å². The summed E-state index contributed by atoms with van der Waals surface area (Å²) in [7, 11) is 0. The van der Waals surface area contributed by atoms with Gasteiger partial charge in [0.2, 0.25) is 0 Å². The van der Waals surface area contributed by atoms with Crippen molar-refractivity contribution in [3.05, 3.63) is 24.8 Å². The normalized spacial score (nSPS) is 9.45. The lowest BCUT2D eigenvalue weighted by Gasteiger charge is -1.95. The molecule has 0 bridgehead atoms. The van der Waals surface area contributed by atoms with E-state index in [0.29, 0.717) is 6.08 Å². The zero-order valence-electron chi connectivity index (χ0n) is 5.78. The van der Waals surface area contributed by atoms with Gasteiger partial charge in [0.25, 0.3) is 0 Å². The van der Waals surface area contributed by atoms with Crippen molar-refractivity contribution in [2.24, 2.45) is 0 Å². The number of rotatable bonds is 4. The molecule has 60 valence electrons. The van der Waals surface area contributed by atoms with E-state index in [1.54, 1.807) is 0 Å². The van der Waals surface area contributed by atoms with Crippen LogP contribution in [0.4, 0.5) is 0 Å². The molecule has 4 heteroatoms. The van der Waals surface area contributed by atoms with Crippen molar-refractivity contribution >= 4 is 11.9 Å². The maximum Gasteiger partial charge on any atom is 0.331 e. The number of carbonyl (C=O) groups is 2. The van der Waals surface area contributed by atoms with Gasteiger partial charge in [-0.3, -0.25) is 0 Å². The average molecular weight is 155 g/mol. The summed E-state index contributed by atoms with van der Waals surface area (Å²) in [5, 5.41) is 9.75. The lowest BCUT2D eigenvalue weighted by molar-refractivity contribution is -0.297. The summed E-state index contributed by atoms with van der Waals surface area (Å²) in [4.78, 5) is 20.2. The number of hydrogen-bond acceptors (Lipinski definition) is 4. The average Bonchev–Trinajstić information content (AvgIpc) is 1.97. The molecule has 0 aromatic carbocycles. The Kier molecular flexibility index (Phi) is 4.47. The number of esters is 1. The lowest BCUT2D eigenvalue weighted by Crippen LogP contribution is -2.19. The van der Waals surface area contributed by atoms with E-state index in [1.807, 2.05) is 0 Å². The van der Waals surface area contributed by atoms with Crippen molar-refractivity contribution < 1.29 is 19.4 Å². The summed E-state index contributed by atoms with van der Waals surface area (Å²) in [6, 6.07) is 0. The Balaban J connectivity index is 3.68. The van der Waals surface area contributed by atoms with Gasteiger partial charge in [0.05, 0.1) is 5.97 Å². The first-order valence-electron chi connectivity index (χ1n) is 2.83. The highest BCUT2D eigenvalue weighted by Crippen LogP contribution is 1.80. The van der Waals surface area contributed by atoms with Gasteiger partial charge in [-0.05, 0) is 6.08 Å². The minimum absolute atomic E-state index is 0.0657. The molecule has 0 rings (SSSR count). The van der Waals surface area contributed by atoms with Gasteiger partial charge in [0, 0.05) is 6.08 Å². The first kappa shape index (κ1) is 9.42. The molecular weight excluding hydrogens is 148 g/mol. The number of ether oxygens (including phenoxy) is 1. The van der Waals surface area contributed by atoms with Crippen LogP contribution in [-0.4, -0.2) is 18.5 Å². The third-order valence-corrected chi connectivity index (χ3v) is 0.699. The summed E-state index contributed by atoms with van der Waals surface area (Å²) in [6.45, 7) is 3.36. The Bertz CT molecular complexity index is 193. The molecule has 11 heavy (non-hydrogen) atoms. The van der Waals surface area contributed by atoms with Crippen molar-refractivity contribution in [3.8, 4) is 0 Å². The highest BCUT2D eigenvalue weighted by atomic mass is 16.5. The smallest absolute Gasteiger partial charge is 0.331 e. The molecule has 4 nitrogen and oxygen atoms in total. The Hall–Kier alpha value is -1.58. The van der Waals surface area contributed by atoms with E-state index in [0.717, 1.165) is 6.08 Å². The summed E-state index contributed by atoms with van der Waals surface area (Å²) in [5.41, 5.74) is 0. The van der Waals surface area contributed by atoms with E-state index in [2.05, 4.69) is 11.3 Å². The van der Waals surface area contributed by atoms with E-state index in [4.69, 9.17) is 0 Å². The van der Waals surface area contributed by atoms with Crippen molar-refractivity contribution in [1.82, 2.24) is 0 Å². The van der Waals surface area contributed by atoms with Crippen molar-refractivity contribution in [2.75, 3.05) is 6.61 Å². The van der Waals surface area contributed by atoms with Gasteiger partial charge in [-0.1, -0.05) is 12.7 Å². The van der Waals surface area contributed by atoms with Crippen LogP contribution in [-0.2, 0) is 14.3 Å². The largest absolute Gasteiger partial charge is 0.545 e. The molecule has 0 fully saturated rings. The fourth-order valence-electron chi connectivity index (χ4n) is 0.325. The van der Waals surface area contributed by atoms with Gasteiger partial charge in [-0.25, -0.2) is 4.79 Å². The molecule has 0 aromatic rings. The van der Waals surface area contributed by atoms with Gasteiger partial charge < -0.3 is 14.6 Å². The first-order valence-corrected chi connectivity index (χ1v) is 2.83. The van der Waals surface area contributed by atoms with E-state index in [1.165, 1.54) is 6.08 Å². The van der Waals surface area contributed by atoms with Crippen LogP contribution in [0.1, 0.15) is 0 Å². The molecule has 0 heterocycles. The van der Waals surface area contributed by atoms with Crippen LogP contribution >= 0.6 is 0 Å². The summed E-state index contributed by atoms with van der Waals surface area (Å²) >= 11 is 0. The fourth-order valence-corrected chi connectivity index (χ4v) is 0.325. The maximum absolute atomic E-state index is 10.5. The van der Waals surface area contributed by atoms with E-state index in [9.17, 15) is 14.7 Å². The summed E-state index contributed by atoms with van der Waals surface area (Å²) < 4.78 is 4.41. The van der Waals surface area contributed by atoms with Crippen LogP contribution in [0.25, 0.3) is 0 Å². The topological polar surface area (TPSA) is 66.4 Å². The molecule has 0 saturated heterocycles. The molecule has 0 radical (unpaired) electrons. The molecule has 0 amide bonds. The molecule has 0 aliphatic carbocycles. The zero-order valence-corrected chi connectivity index (χ0v) is 5.78. The van der Waals surface area contributed by atoms with Gasteiger partial charge in [0.15, 0.2) is 0 Å². The third-order valence-electron chi connectivity index (χ3n) is 0.699. The second kappa shape index (κ2) is 5.22. The van der Waals surface area contributed by atoms with Crippen LogP contribution in [0.2, 0.25) is 0 Å². The van der Waals surface area contributed by atoms with Gasteiger partial charge in [-0.2, -0.15) is 0 Å². The SMILES string of the molecule is C=CCOC(=O)/C=C\C(=O)[O-]. The Morgan fingerprint density at radius 1 is 1.45 bits per heavy atom. The molecule has 0 unspecified atom stereocenters. The second-order valence-electron chi connectivity index (χ2n) is 1.57. The molecule has 0 aromatic heterocycles. The molecule has 0 aliphatic rings. The fraction of sp³-hybridized carbons (Fsp3) is 0.143. The Labute approximate surface area is 63.8 Å². The van der Waals surface area contributed by atoms with Crippen LogP contribution in [0, 0.1) is 0 Å². The van der Waals surface area contributed by atoms with Crippen molar-refractivity contribution in [3.63, 3.8) is 0 Å². The second-order valence-corrected chi connectivity index (χ2v) is 1.57. The predicted octanol–water partition coefficient (Wildman–Crippen LogP) is -0.978. The Morgan fingerprint density at radius 2 is 2.09 bits per heavy atom. The highest BCUT2D eigenvalue weighted by Gasteiger charge is 1.91. The minimum atomic E-state index is -1.43. The van der Waals surface area contributed by atoms with E-state index < -0.39 is 11.9 Å². The maximum atomic E-state index is 10.5. The zero-order chi connectivity index (χ0) is 8.69. The first-order chi connectivity index (χ1) is 5.16. The molecule has 0 N–H and O–H groups in total. The van der Waals surface area contributed by atoms with E-state index >= 15 is 0 Å². The number of carboxylic acid groups (broad SMARTS) is 1. The lowest BCUT2D eigenvalue weighted by atomic mass is 10.5.